The molecule has 5 heteroatoms. The fourth-order valence-electron chi connectivity index (χ4n) is 18.8. The Bertz CT molecular complexity index is 1540. The summed E-state index contributed by atoms with van der Waals surface area (Å²) >= 11 is 5.23. The SMILES string of the molecule is CC(C)CCC[C@@H](C)[C@H]1CC[C@H]2[C@@H]3CC=C4C[C@@H](OCCC(I)COCC(I)CCO[C@H]5CC[C@@]6(C)C(=CC[C@H]7[C@@H]8CC[C@H]([C@H](C)CCCC(C)C)[C@@]8(C)CC[C@@H]76)C5)CC[C@]4(C)[C@H]3CC[C@]12C. The number of hydrogen-bond acceptors (Lipinski definition) is 3. The third-order valence-electron chi connectivity index (χ3n) is 22.7. The third kappa shape index (κ3) is 11.7. The zero-order valence-electron chi connectivity index (χ0n) is 45.2. The molecule has 67 heavy (non-hydrogen) atoms. The summed E-state index contributed by atoms with van der Waals surface area (Å²) in [5, 5.41) is 0. The normalized spacial score (nSPS) is 42.1. The second kappa shape index (κ2) is 23.2. The molecule has 384 valence electrons. The fraction of sp³-hybridized carbons (Fsp3) is 0.935. The van der Waals surface area contributed by atoms with Crippen LogP contribution in [-0.4, -0.2) is 46.5 Å². The van der Waals surface area contributed by atoms with E-state index in [-0.39, 0.29) is 0 Å². The van der Waals surface area contributed by atoms with Crippen LogP contribution in [0.4, 0.5) is 0 Å². The maximum absolute atomic E-state index is 6.68. The van der Waals surface area contributed by atoms with Gasteiger partial charge >= 0.3 is 0 Å². The van der Waals surface area contributed by atoms with Gasteiger partial charge in [-0.05, 0) is 208 Å². The fourth-order valence-corrected chi connectivity index (χ4v) is 19.8. The summed E-state index contributed by atoms with van der Waals surface area (Å²) in [7, 11) is 0. The third-order valence-corrected chi connectivity index (χ3v) is 24.7. The molecule has 2 unspecified atom stereocenters. The summed E-state index contributed by atoms with van der Waals surface area (Å²) in [4.78, 5) is 0. The van der Waals surface area contributed by atoms with Gasteiger partial charge in [0.05, 0.1) is 25.4 Å². The number of alkyl halides is 2. The van der Waals surface area contributed by atoms with E-state index in [0.29, 0.717) is 41.7 Å². The summed E-state index contributed by atoms with van der Waals surface area (Å²) in [6.07, 6.45) is 39.1. The number of ether oxygens (including phenoxy) is 3. The highest BCUT2D eigenvalue weighted by Crippen LogP contribution is 2.69. The van der Waals surface area contributed by atoms with Crippen molar-refractivity contribution in [2.75, 3.05) is 26.4 Å². The Morgan fingerprint density at radius 3 is 1.33 bits per heavy atom. The monoisotopic (exact) mass is 1150 g/mol. The zero-order chi connectivity index (χ0) is 47.7. The highest BCUT2D eigenvalue weighted by atomic mass is 127. The molecule has 8 aliphatic rings. The molecular formula is C62H104I2O3. The van der Waals surface area contributed by atoms with Crippen molar-refractivity contribution in [2.45, 2.75) is 243 Å². The van der Waals surface area contributed by atoms with Gasteiger partial charge in [-0.2, -0.15) is 0 Å². The Hall–Kier alpha value is 0.820. The van der Waals surface area contributed by atoms with Crippen LogP contribution in [0.5, 0.6) is 0 Å². The van der Waals surface area contributed by atoms with E-state index in [1.165, 1.54) is 141 Å². The summed E-state index contributed by atoms with van der Waals surface area (Å²) in [6, 6.07) is 0. The van der Waals surface area contributed by atoms with Gasteiger partial charge in [-0.15, -0.1) is 0 Å². The van der Waals surface area contributed by atoms with E-state index in [2.05, 4.69) is 127 Å². The molecule has 0 aromatic rings. The van der Waals surface area contributed by atoms with Gasteiger partial charge in [-0.25, -0.2) is 0 Å². The number of halogens is 2. The number of fused-ring (bicyclic) bond motifs is 10. The molecular weight excluding hydrogens is 1050 g/mol. The van der Waals surface area contributed by atoms with E-state index in [0.717, 1.165) is 110 Å². The Balaban J connectivity index is 0.702. The standard InChI is InChI=1S/C62H104I2O3/c1-41(2)13-11-15-43(5)53-21-23-55-51-19-17-45-37-49(25-31-59(45,7)57(51)27-33-61(53,55)9)66-35-29-47(63)39-65-40-48(64)30-36-67-50-26-32-60(8)46(38-50)18-20-52-56-24-22-54(44(6)16-12-14-42(3)4)62(56,10)34-28-58(52)60/h17-18,41-44,47-58H,11-16,19-40H2,1-10H3/t43-,44-,47?,48?,49+,50+,51+,52+,53-,54-,55+,56+,57+,58+,59+,60+,61-,62-/m1/s1. The predicted octanol–water partition coefficient (Wildman–Crippen LogP) is 18.2. The van der Waals surface area contributed by atoms with Crippen molar-refractivity contribution in [2.24, 2.45) is 92.7 Å². The van der Waals surface area contributed by atoms with E-state index in [9.17, 15) is 0 Å². The number of rotatable bonds is 22. The average Bonchev–Trinajstić information content (AvgIpc) is 3.83. The van der Waals surface area contributed by atoms with Gasteiger partial charge in [-0.1, -0.05) is 176 Å². The van der Waals surface area contributed by atoms with Gasteiger partial charge in [-0.3, -0.25) is 0 Å². The lowest BCUT2D eigenvalue weighted by molar-refractivity contribution is -0.0643. The molecule has 8 aliphatic carbocycles. The van der Waals surface area contributed by atoms with Gasteiger partial charge in [0.1, 0.15) is 0 Å². The van der Waals surface area contributed by atoms with Crippen molar-refractivity contribution < 1.29 is 14.2 Å². The Morgan fingerprint density at radius 2 is 0.925 bits per heavy atom. The first-order valence-electron chi connectivity index (χ1n) is 29.4. The number of hydrogen-bond donors (Lipinski definition) is 0. The molecule has 0 N–H and O–H groups in total. The van der Waals surface area contributed by atoms with E-state index in [4.69, 9.17) is 14.2 Å². The van der Waals surface area contributed by atoms with Crippen molar-refractivity contribution >= 4 is 45.2 Å². The first-order valence-corrected chi connectivity index (χ1v) is 31.9. The van der Waals surface area contributed by atoms with Crippen molar-refractivity contribution in [3.63, 3.8) is 0 Å². The lowest BCUT2D eigenvalue weighted by Crippen LogP contribution is -2.51. The van der Waals surface area contributed by atoms with E-state index >= 15 is 0 Å². The molecule has 0 bridgehead atoms. The van der Waals surface area contributed by atoms with Crippen LogP contribution in [-0.2, 0) is 14.2 Å². The van der Waals surface area contributed by atoms with Crippen LogP contribution in [0.15, 0.2) is 23.3 Å². The molecule has 0 heterocycles. The minimum Gasteiger partial charge on any atom is -0.379 e. The maximum atomic E-state index is 6.68. The van der Waals surface area contributed by atoms with Crippen LogP contribution >= 0.6 is 45.2 Å². The van der Waals surface area contributed by atoms with Crippen LogP contribution in [0.1, 0.15) is 223 Å². The van der Waals surface area contributed by atoms with Crippen molar-refractivity contribution in [1.29, 1.82) is 0 Å². The quantitative estimate of drug-likeness (QED) is 0.0614. The summed E-state index contributed by atoms with van der Waals surface area (Å²) < 4.78 is 20.7. The van der Waals surface area contributed by atoms with Crippen LogP contribution in [0.2, 0.25) is 0 Å². The zero-order valence-corrected chi connectivity index (χ0v) is 49.5. The van der Waals surface area contributed by atoms with Gasteiger partial charge in [0.15, 0.2) is 0 Å². The van der Waals surface area contributed by atoms with E-state index in [1.807, 2.05) is 0 Å². The molecule has 0 radical (unpaired) electrons. The van der Waals surface area contributed by atoms with E-state index < -0.39 is 0 Å². The number of allylic oxidation sites excluding steroid dienone is 2. The Labute approximate surface area is 441 Å². The highest BCUT2D eigenvalue weighted by molar-refractivity contribution is 14.1. The molecule has 0 aliphatic heterocycles. The first-order chi connectivity index (χ1) is 32.0. The van der Waals surface area contributed by atoms with E-state index in [1.54, 1.807) is 11.1 Å². The van der Waals surface area contributed by atoms with Gasteiger partial charge in [0.25, 0.3) is 0 Å². The first kappa shape index (κ1) is 54.1. The van der Waals surface area contributed by atoms with Crippen LogP contribution in [0, 0.1) is 92.7 Å². The largest absolute Gasteiger partial charge is 0.379 e. The lowest BCUT2D eigenvalue weighted by atomic mass is 9.47. The Morgan fingerprint density at radius 1 is 0.507 bits per heavy atom. The maximum Gasteiger partial charge on any atom is 0.0612 e. The molecule has 0 spiro atoms. The van der Waals surface area contributed by atoms with Gasteiger partial charge in [0, 0.05) is 21.1 Å². The molecule has 0 aromatic heterocycles. The topological polar surface area (TPSA) is 27.7 Å². The average molecular weight is 1150 g/mol. The molecule has 0 saturated heterocycles. The highest BCUT2D eigenvalue weighted by Gasteiger charge is 2.61. The van der Waals surface area contributed by atoms with Crippen LogP contribution in [0.3, 0.4) is 0 Å². The molecule has 6 saturated carbocycles. The summed E-state index contributed by atoms with van der Waals surface area (Å²) in [5.41, 5.74) is 5.50. The van der Waals surface area contributed by atoms with Crippen LogP contribution < -0.4 is 0 Å². The smallest absolute Gasteiger partial charge is 0.0612 e. The minimum atomic E-state index is 0.404. The summed E-state index contributed by atoms with van der Waals surface area (Å²) in [6.45, 7) is 29.0. The van der Waals surface area contributed by atoms with Gasteiger partial charge < -0.3 is 14.2 Å². The second-order valence-corrected chi connectivity index (χ2v) is 30.9. The minimum absolute atomic E-state index is 0.404. The molecule has 6 fully saturated rings. The lowest BCUT2D eigenvalue weighted by Gasteiger charge is -2.58. The van der Waals surface area contributed by atoms with Crippen molar-refractivity contribution in [1.82, 2.24) is 0 Å². The van der Waals surface area contributed by atoms with Crippen LogP contribution in [0.25, 0.3) is 0 Å². The van der Waals surface area contributed by atoms with Crippen molar-refractivity contribution in [3.8, 4) is 0 Å². The molecule has 3 nitrogen and oxygen atoms in total. The molecule has 0 amide bonds. The Kier molecular flexibility index (Phi) is 18.7. The molecule has 8 rings (SSSR count). The summed E-state index contributed by atoms with van der Waals surface area (Å²) in [5.74, 6) is 10.9. The molecule has 18 atom stereocenters. The predicted molar refractivity (Wildman–Crippen MR) is 301 cm³/mol. The molecule has 0 aromatic carbocycles. The van der Waals surface area contributed by atoms with Crippen molar-refractivity contribution in [3.05, 3.63) is 23.3 Å². The second-order valence-electron chi connectivity index (χ2n) is 27.4. The van der Waals surface area contributed by atoms with Gasteiger partial charge in [0.2, 0.25) is 0 Å².